The van der Waals surface area contributed by atoms with Gasteiger partial charge in [-0.15, -0.1) is 0 Å². The lowest BCUT2D eigenvalue weighted by atomic mass is 10.1. The highest BCUT2D eigenvalue weighted by molar-refractivity contribution is 5.27. The van der Waals surface area contributed by atoms with E-state index in [4.69, 9.17) is 9.47 Å². The van der Waals surface area contributed by atoms with Crippen molar-refractivity contribution in [3.8, 4) is 5.75 Å². The van der Waals surface area contributed by atoms with E-state index in [9.17, 15) is 8.78 Å². The van der Waals surface area contributed by atoms with Gasteiger partial charge in [-0.05, 0) is 23.3 Å². The van der Waals surface area contributed by atoms with Gasteiger partial charge in [-0.25, -0.2) is 0 Å². The molecule has 1 aliphatic heterocycles. The van der Waals surface area contributed by atoms with Crippen LogP contribution >= 0.6 is 0 Å². The molecule has 0 aromatic heterocycles. The molecule has 0 unspecified atom stereocenters. The fourth-order valence-electron chi connectivity index (χ4n) is 2.48. The third-order valence-corrected chi connectivity index (χ3v) is 3.68. The molecule has 2 aromatic rings. The number of ether oxygens (including phenoxy) is 3. The number of halogens is 2. The van der Waals surface area contributed by atoms with Crippen LogP contribution in [0.1, 0.15) is 23.0 Å². The maximum Gasteiger partial charge on any atom is 0.387 e. The first kappa shape index (κ1) is 16.8. The lowest BCUT2D eigenvalue weighted by Crippen LogP contribution is -2.12. The Hall–Kier alpha value is -2.02. The lowest BCUT2D eigenvalue weighted by molar-refractivity contribution is -0.0498. The summed E-state index contributed by atoms with van der Waals surface area (Å²) in [5.74, 6) is 0.167. The maximum absolute atomic E-state index is 12.1. The van der Waals surface area contributed by atoms with Gasteiger partial charge in [0, 0.05) is 18.7 Å². The van der Waals surface area contributed by atoms with Crippen LogP contribution in [-0.2, 0) is 22.6 Å². The summed E-state index contributed by atoms with van der Waals surface area (Å²) in [5.41, 5.74) is 3.17. The van der Waals surface area contributed by atoms with Gasteiger partial charge >= 0.3 is 6.61 Å². The normalized spacial score (nSPS) is 15.1. The lowest BCUT2D eigenvalue weighted by Gasteiger charge is -2.11. The Morgan fingerprint density at radius 1 is 0.917 bits per heavy atom. The zero-order valence-corrected chi connectivity index (χ0v) is 13.1. The van der Waals surface area contributed by atoms with Crippen LogP contribution in [0, 0.1) is 0 Å². The van der Waals surface area contributed by atoms with E-state index < -0.39 is 6.61 Å². The maximum atomic E-state index is 12.1. The number of benzene rings is 2. The molecule has 1 aliphatic rings. The van der Waals surface area contributed by atoms with Gasteiger partial charge in [0.05, 0.1) is 13.2 Å². The fourth-order valence-corrected chi connectivity index (χ4v) is 2.48. The summed E-state index contributed by atoms with van der Waals surface area (Å²) in [5, 5.41) is 3.32. The summed E-state index contributed by atoms with van der Waals surface area (Å²) in [6.07, 6.45) is -0.249. The molecule has 1 N–H and O–H groups in total. The molecule has 0 amide bonds. The molecule has 0 bridgehead atoms. The highest BCUT2D eigenvalue weighted by Crippen LogP contribution is 2.23. The number of alkyl halides is 2. The topological polar surface area (TPSA) is 39.7 Å². The molecule has 2 aromatic carbocycles. The van der Waals surface area contributed by atoms with E-state index in [0.29, 0.717) is 26.3 Å². The minimum absolute atomic E-state index is 0.167. The first-order valence-corrected chi connectivity index (χ1v) is 7.77. The van der Waals surface area contributed by atoms with Crippen molar-refractivity contribution in [1.82, 2.24) is 5.32 Å². The van der Waals surface area contributed by atoms with Crippen molar-refractivity contribution in [1.29, 1.82) is 0 Å². The Labute approximate surface area is 139 Å². The monoisotopic (exact) mass is 335 g/mol. The summed E-state index contributed by atoms with van der Waals surface area (Å²) in [4.78, 5) is 0. The van der Waals surface area contributed by atoms with Crippen molar-refractivity contribution < 1.29 is 23.0 Å². The highest BCUT2D eigenvalue weighted by atomic mass is 19.3. The molecular formula is C18H19F2NO3. The second kappa shape index (κ2) is 8.19. The second-order valence-corrected chi connectivity index (χ2v) is 5.44. The van der Waals surface area contributed by atoms with Gasteiger partial charge < -0.3 is 19.5 Å². The van der Waals surface area contributed by atoms with Crippen LogP contribution in [0.2, 0.25) is 0 Å². The van der Waals surface area contributed by atoms with E-state index in [0.717, 1.165) is 16.7 Å². The molecular weight excluding hydrogens is 316 g/mol. The Bertz CT molecular complexity index is 626. The molecule has 0 spiro atoms. The van der Waals surface area contributed by atoms with Crippen molar-refractivity contribution >= 4 is 0 Å². The summed E-state index contributed by atoms with van der Waals surface area (Å²) in [7, 11) is 0. The summed E-state index contributed by atoms with van der Waals surface area (Å²) in [6, 6.07) is 14.7. The first-order chi connectivity index (χ1) is 11.7. The van der Waals surface area contributed by atoms with E-state index in [2.05, 4.69) is 10.1 Å². The zero-order chi connectivity index (χ0) is 16.8. The van der Waals surface area contributed by atoms with Crippen molar-refractivity contribution in [2.45, 2.75) is 26.0 Å². The molecule has 1 fully saturated rings. The van der Waals surface area contributed by atoms with Crippen molar-refractivity contribution in [3.63, 3.8) is 0 Å². The molecule has 1 saturated heterocycles. The van der Waals surface area contributed by atoms with Crippen LogP contribution < -0.4 is 10.1 Å². The highest BCUT2D eigenvalue weighted by Gasteiger charge is 2.17. The predicted molar refractivity (Wildman–Crippen MR) is 84.7 cm³/mol. The van der Waals surface area contributed by atoms with Crippen LogP contribution in [0.4, 0.5) is 8.78 Å². The standard InChI is InChI=1S/C18H19F2NO3/c19-18(20)24-16-7-3-14(4-8-16)12-21-11-13-1-5-15(6-2-13)17-22-9-10-23-17/h1-8,17-18,21H,9-12H2. The zero-order valence-electron chi connectivity index (χ0n) is 13.1. The SMILES string of the molecule is FC(F)Oc1ccc(CNCc2ccc(C3OCCO3)cc2)cc1. The number of rotatable bonds is 7. The van der Waals surface area contributed by atoms with Gasteiger partial charge in [0.25, 0.3) is 0 Å². The third kappa shape index (κ3) is 4.74. The summed E-state index contributed by atoms with van der Waals surface area (Å²) < 4.78 is 39.4. The first-order valence-electron chi connectivity index (χ1n) is 7.77. The van der Waals surface area contributed by atoms with E-state index in [1.807, 2.05) is 24.3 Å². The van der Waals surface area contributed by atoms with E-state index in [1.54, 1.807) is 24.3 Å². The summed E-state index contributed by atoms with van der Waals surface area (Å²) in [6.45, 7) is -0.172. The Morgan fingerprint density at radius 2 is 1.46 bits per heavy atom. The number of nitrogens with one attached hydrogen (secondary N) is 1. The van der Waals surface area contributed by atoms with Gasteiger partial charge in [-0.3, -0.25) is 0 Å². The minimum Gasteiger partial charge on any atom is -0.435 e. The third-order valence-electron chi connectivity index (χ3n) is 3.68. The summed E-state index contributed by atoms with van der Waals surface area (Å²) >= 11 is 0. The van der Waals surface area contributed by atoms with Crippen LogP contribution in [0.5, 0.6) is 5.75 Å². The van der Waals surface area contributed by atoms with Crippen LogP contribution in [0.25, 0.3) is 0 Å². The van der Waals surface area contributed by atoms with Gasteiger partial charge in [-0.1, -0.05) is 36.4 Å². The van der Waals surface area contributed by atoms with Gasteiger partial charge in [0.15, 0.2) is 6.29 Å². The fraction of sp³-hybridized carbons (Fsp3) is 0.333. The molecule has 0 atom stereocenters. The Balaban J connectivity index is 1.45. The molecule has 0 aliphatic carbocycles. The number of hydrogen-bond acceptors (Lipinski definition) is 4. The van der Waals surface area contributed by atoms with Crippen molar-refractivity contribution in [2.75, 3.05) is 13.2 Å². The smallest absolute Gasteiger partial charge is 0.387 e. The van der Waals surface area contributed by atoms with Crippen LogP contribution in [-0.4, -0.2) is 19.8 Å². The molecule has 3 rings (SSSR count). The predicted octanol–water partition coefficient (Wildman–Crippen LogP) is 3.62. The van der Waals surface area contributed by atoms with Gasteiger partial charge in [0.2, 0.25) is 0 Å². The van der Waals surface area contributed by atoms with Crippen molar-refractivity contribution in [2.24, 2.45) is 0 Å². The van der Waals surface area contributed by atoms with Crippen LogP contribution in [0.15, 0.2) is 48.5 Å². The Kier molecular flexibility index (Phi) is 5.74. The quantitative estimate of drug-likeness (QED) is 0.839. The molecule has 4 nitrogen and oxygen atoms in total. The van der Waals surface area contributed by atoms with E-state index in [-0.39, 0.29) is 12.0 Å². The van der Waals surface area contributed by atoms with Crippen LogP contribution in [0.3, 0.4) is 0 Å². The molecule has 128 valence electrons. The van der Waals surface area contributed by atoms with Crippen molar-refractivity contribution in [3.05, 3.63) is 65.2 Å². The minimum atomic E-state index is -2.79. The molecule has 0 saturated carbocycles. The largest absolute Gasteiger partial charge is 0.435 e. The average molecular weight is 335 g/mol. The average Bonchev–Trinajstić information content (AvgIpc) is 3.11. The Morgan fingerprint density at radius 3 is 2.00 bits per heavy atom. The molecule has 6 heteroatoms. The van der Waals surface area contributed by atoms with Gasteiger partial charge in [0.1, 0.15) is 5.75 Å². The molecule has 1 heterocycles. The number of hydrogen-bond donors (Lipinski definition) is 1. The molecule has 0 radical (unpaired) electrons. The van der Waals surface area contributed by atoms with E-state index in [1.165, 1.54) is 0 Å². The second-order valence-electron chi connectivity index (χ2n) is 5.44. The van der Waals surface area contributed by atoms with E-state index >= 15 is 0 Å². The molecule has 24 heavy (non-hydrogen) atoms. The van der Waals surface area contributed by atoms with Gasteiger partial charge in [-0.2, -0.15) is 8.78 Å².